The van der Waals surface area contributed by atoms with Crippen LogP contribution in [-0.4, -0.2) is 48.7 Å². The molecular formula is C25H33N3O4. The lowest BCUT2D eigenvalue weighted by Gasteiger charge is -2.21. The van der Waals surface area contributed by atoms with Crippen LogP contribution in [0.15, 0.2) is 30.6 Å². The predicted octanol–water partition coefficient (Wildman–Crippen LogP) is 4.40. The summed E-state index contributed by atoms with van der Waals surface area (Å²) in [5.41, 5.74) is 1.16. The highest BCUT2D eigenvalue weighted by atomic mass is 16.5. The van der Waals surface area contributed by atoms with Gasteiger partial charge in [-0.15, -0.1) is 0 Å². The van der Waals surface area contributed by atoms with Crippen molar-refractivity contribution in [1.82, 2.24) is 9.97 Å². The van der Waals surface area contributed by atoms with Gasteiger partial charge in [-0.3, -0.25) is 4.79 Å². The molecule has 0 radical (unpaired) electrons. The Kier molecular flexibility index (Phi) is 7.12. The van der Waals surface area contributed by atoms with Gasteiger partial charge in [0.15, 0.2) is 5.82 Å². The highest BCUT2D eigenvalue weighted by molar-refractivity contribution is 5.78. The first-order valence-electron chi connectivity index (χ1n) is 11.6. The summed E-state index contributed by atoms with van der Waals surface area (Å²) in [7, 11) is 1.63. The highest BCUT2D eigenvalue weighted by Gasteiger charge is 2.30. The van der Waals surface area contributed by atoms with Gasteiger partial charge in [0.05, 0.1) is 20.3 Å². The number of benzene rings is 1. The number of aromatic nitrogens is 2. The summed E-state index contributed by atoms with van der Waals surface area (Å²) in [5.74, 6) is 3.87. The number of hydrogen-bond acceptors (Lipinski definition) is 7. The molecule has 7 nitrogen and oxygen atoms in total. The van der Waals surface area contributed by atoms with Crippen molar-refractivity contribution >= 4 is 11.6 Å². The SMILES string of the molecule is CCC(=O)C[C@@H](C)c1ccc(OC2CCN(c3ncnc(OCC4CC4)c3OC)C2)cc1. The fourth-order valence-corrected chi connectivity index (χ4v) is 4.02. The number of carbonyl (C=O) groups is 1. The normalized spacial score (nSPS) is 19.0. The van der Waals surface area contributed by atoms with Crippen molar-refractivity contribution in [3.05, 3.63) is 36.2 Å². The monoisotopic (exact) mass is 439 g/mol. The van der Waals surface area contributed by atoms with E-state index in [0.29, 0.717) is 42.8 Å². The van der Waals surface area contributed by atoms with Crippen LogP contribution in [0.4, 0.5) is 5.82 Å². The molecule has 2 heterocycles. The topological polar surface area (TPSA) is 73.8 Å². The van der Waals surface area contributed by atoms with Crippen LogP contribution in [0.25, 0.3) is 0 Å². The molecule has 2 aromatic rings. The largest absolute Gasteiger partial charge is 0.489 e. The summed E-state index contributed by atoms with van der Waals surface area (Å²) in [6.07, 6.45) is 6.13. The maximum absolute atomic E-state index is 11.7. The summed E-state index contributed by atoms with van der Waals surface area (Å²) in [6.45, 7) is 6.23. The lowest BCUT2D eigenvalue weighted by atomic mass is 9.95. The summed E-state index contributed by atoms with van der Waals surface area (Å²) in [6, 6.07) is 8.12. The Morgan fingerprint density at radius 2 is 1.97 bits per heavy atom. The van der Waals surface area contributed by atoms with Crippen LogP contribution in [0.2, 0.25) is 0 Å². The van der Waals surface area contributed by atoms with Crippen LogP contribution in [0, 0.1) is 5.92 Å². The van der Waals surface area contributed by atoms with Crippen molar-refractivity contribution in [2.24, 2.45) is 5.92 Å². The van der Waals surface area contributed by atoms with E-state index in [1.54, 1.807) is 7.11 Å². The van der Waals surface area contributed by atoms with E-state index in [9.17, 15) is 4.79 Å². The number of ether oxygens (including phenoxy) is 3. The van der Waals surface area contributed by atoms with E-state index in [2.05, 4.69) is 33.9 Å². The molecule has 0 bridgehead atoms. The minimum Gasteiger partial charge on any atom is -0.489 e. The molecule has 1 saturated heterocycles. The third-order valence-corrected chi connectivity index (χ3v) is 6.23. The molecule has 1 aromatic heterocycles. The maximum Gasteiger partial charge on any atom is 0.262 e. The number of rotatable bonds is 11. The molecule has 0 N–H and O–H groups in total. The van der Waals surface area contributed by atoms with Gasteiger partial charge < -0.3 is 19.1 Å². The highest BCUT2D eigenvalue weighted by Crippen LogP contribution is 2.37. The van der Waals surface area contributed by atoms with Gasteiger partial charge in [0, 0.05) is 25.8 Å². The van der Waals surface area contributed by atoms with Crippen molar-refractivity contribution < 1.29 is 19.0 Å². The van der Waals surface area contributed by atoms with Gasteiger partial charge in [-0.05, 0) is 42.4 Å². The number of methoxy groups -OCH3 is 1. The van der Waals surface area contributed by atoms with Crippen LogP contribution in [0.1, 0.15) is 57.4 Å². The maximum atomic E-state index is 11.7. The van der Waals surface area contributed by atoms with Gasteiger partial charge in [-0.2, -0.15) is 4.98 Å². The molecule has 2 atom stereocenters. The van der Waals surface area contributed by atoms with Crippen molar-refractivity contribution in [2.45, 2.75) is 58.0 Å². The third kappa shape index (κ3) is 5.50. The van der Waals surface area contributed by atoms with E-state index in [1.807, 2.05) is 19.1 Å². The Balaban J connectivity index is 1.35. The molecular weight excluding hydrogens is 406 g/mol. The number of ketones is 1. The zero-order chi connectivity index (χ0) is 22.5. The molecule has 1 aliphatic heterocycles. The van der Waals surface area contributed by atoms with E-state index in [-0.39, 0.29) is 12.0 Å². The van der Waals surface area contributed by atoms with Gasteiger partial charge in [0.1, 0.15) is 24.0 Å². The van der Waals surface area contributed by atoms with Gasteiger partial charge in [-0.25, -0.2) is 4.98 Å². The number of hydrogen-bond donors (Lipinski definition) is 0. The predicted molar refractivity (Wildman–Crippen MR) is 123 cm³/mol. The molecule has 1 saturated carbocycles. The van der Waals surface area contributed by atoms with Crippen molar-refractivity contribution in [3.63, 3.8) is 0 Å². The van der Waals surface area contributed by atoms with Crippen LogP contribution in [-0.2, 0) is 4.79 Å². The average molecular weight is 440 g/mol. The average Bonchev–Trinajstić information content (AvgIpc) is 3.54. The second-order valence-corrected chi connectivity index (χ2v) is 8.83. The molecule has 2 aliphatic rings. The van der Waals surface area contributed by atoms with Crippen molar-refractivity contribution in [1.29, 1.82) is 0 Å². The van der Waals surface area contributed by atoms with E-state index in [1.165, 1.54) is 19.2 Å². The first-order valence-corrected chi connectivity index (χ1v) is 11.6. The Morgan fingerprint density at radius 3 is 2.66 bits per heavy atom. The lowest BCUT2D eigenvalue weighted by molar-refractivity contribution is -0.119. The minimum atomic E-state index is 0.0652. The fraction of sp³-hybridized carbons (Fsp3) is 0.560. The second-order valence-electron chi connectivity index (χ2n) is 8.83. The second kappa shape index (κ2) is 10.2. The zero-order valence-corrected chi connectivity index (χ0v) is 19.3. The number of nitrogens with zero attached hydrogens (tertiary/aromatic N) is 3. The number of carbonyl (C=O) groups excluding carboxylic acids is 1. The summed E-state index contributed by atoms with van der Waals surface area (Å²) >= 11 is 0. The molecule has 1 aromatic carbocycles. The van der Waals surface area contributed by atoms with E-state index >= 15 is 0 Å². The van der Waals surface area contributed by atoms with Crippen LogP contribution in [0.5, 0.6) is 17.4 Å². The number of anilines is 1. The van der Waals surface area contributed by atoms with Crippen LogP contribution >= 0.6 is 0 Å². The molecule has 0 amide bonds. The Bertz CT molecular complexity index is 914. The van der Waals surface area contributed by atoms with Crippen molar-refractivity contribution in [2.75, 3.05) is 31.7 Å². The lowest BCUT2D eigenvalue weighted by Crippen LogP contribution is -2.26. The minimum absolute atomic E-state index is 0.0652. The van der Waals surface area contributed by atoms with E-state index in [0.717, 1.165) is 36.6 Å². The fourth-order valence-electron chi connectivity index (χ4n) is 4.02. The molecule has 172 valence electrons. The number of Topliss-reactive ketones (excluding diaryl/α,β-unsaturated/α-hetero) is 1. The molecule has 2 fully saturated rings. The third-order valence-electron chi connectivity index (χ3n) is 6.23. The van der Waals surface area contributed by atoms with Gasteiger partial charge in [-0.1, -0.05) is 26.0 Å². The first kappa shape index (κ1) is 22.4. The molecule has 0 spiro atoms. The van der Waals surface area contributed by atoms with Gasteiger partial charge >= 0.3 is 0 Å². The zero-order valence-electron chi connectivity index (χ0n) is 19.3. The van der Waals surface area contributed by atoms with E-state index < -0.39 is 0 Å². The van der Waals surface area contributed by atoms with Gasteiger partial charge in [0.25, 0.3) is 5.88 Å². The molecule has 4 rings (SSSR count). The smallest absolute Gasteiger partial charge is 0.262 e. The summed E-state index contributed by atoms with van der Waals surface area (Å²) in [5, 5.41) is 0. The summed E-state index contributed by atoms with van der Waals surface area (Å²) in [4.78, 5) is 22.6. The quantitative estimate of drug-likeness (QED) is 0.514. The van der Waals surface area contributed by atoms with Crippen LogP contribution < -0.4 is 19.1 Å². The van der Waals surface area contributed by atoms with Crippen molar-refractivity contribution in [3.8, 4) is 17.4 Å². The molecule has 1 unspecified atom stereocenters. The first-order chi connectivity index (χ1) is 15.6. The van der Waals surface area contributed by atoms with Gasteiger partial charge in [0.2, 0.25) is 5.75 Å². The molecule has 7 heteroatoms. The Hall–Kier alpha value is -2.83. The summed E-state index contributed by atoms with van der Waals surface area (Å²) < 4.78 is 17.7. The van der Waals surface area contributed by atoms with Crippen LogP contribution in [0.3, 0.4) is 0 Å². The Labute approximate surface area is 190 Å². The molecule has 32 heavy (non-hydrogen) atoms. The van der Waals surface area contributed by atoms with E-state index in [4.69, 9.17) is 14.2 Å². The molecule has 1 aliphatic carbocycles. The standard InChI is InChI=1S/C25H33N3O4/c1-4-20(29)13-17(2)19-7-9-21(10-8-19)32-22-11-12-28(14-22)24-23(30-3)25(27-16-26-24)31-15-18-5-6-18/h7-10,16-18,22H,4-6,11-15H2,1-3H3/t17-,22?/m1/s1. The Morgan fingerprint density at radius 1 is 1.19 bits per heavy atom.